The molecule has 17 heavy (non-hydrogen) atoms. The summed E-state index contributed by atoms with van der Waals surface area (Å²) in [5, 5.41) is 7.42. The van der Waals surface area contributed by atoms with Crippen LogP contribution in [0.3, 0.4) is 0 Å². The molecule has 0 aromatic rings. The molecule has 0 heterocycles. The highest BCUT2D eigenvalue weighted by molar-refractivity contribution is 7.54. The van der Waals surface area contributed by atoms with E-state index in [1.54, 1.807) is 20.8 Å². The van der Waals surface area contributed by atoms with Gasteiger partial charge in [0.15, 0.2) is 5.16 Å². The van der Waals surface area contributed by atoms with Crippen molar-refractivity contribution < 1.29 is 24.3 Å². The predicted octanol–water partition coefficient (Wildman–Crippen LogP) is 2.61. The van der Waals surface area contributed by atoms with E-state index < -0.39 is 24.1 Å². The van der Waals surface area contributed by atoms with E-state index in [1.807, 2.05) is 0 Å². The van der Waals surface area contributed by atoms with Crippen molar-refractivity contribution in [2.45, 2.75) is 58.5 Å². The normalized spacial score (nSPS) is 16.6. The van der Waals surface area contributed by atoms with Crippen molar-refractivity contribution >= 4 is 13.6 Å². The number of rotatable bonds is 7. The van der Waals surface area contributed by atoms with Crippen molar-refractivity contribution in [2.75, 3.05) is 0 Å². The van der Waals surface area contributed by atoms with Crippen molar-refractivity contribution in [1.82, 2.24) is 0 Å². The SMILES string of the molecule is CCC(CC)(CC)C(CC)(C(=O)O)P(=O)(O)O. The lowest BCUT2D eigenvalue weighted by atomic mass is 9.67. The predicted molar refractivity (Wildman–Crippen MR) is 66.0 cm³/mol. The van der Waals surface area contributed by atoms with Crippen LogP contribution in [0.5, 0.6) is 0 Å². The first kappa shape index (κ1) is 16.6. The van der Waals surface area contributed by atoms with Crippen molar-refractivity contribution in [3.63, 3.8) is 0 Å². The van der Waals surface area contributed by atoms with Gasteiger partial charge in [0.1, 0.15) is 0 Å². The van der Waals surface area contributed by atoms with Crippen LogP contribution < -0.4 is 0 Å². The van der Waals surface area contributed by atoms with Crippen molar-refractivity contribution in [2.24, 2.45) is 5.41 Å². The Labute approximate surface area is 102 Å². The summed E-state index contributed by atoms with van der Waals surface area (Å²) in [5.74, 6) is -1.39. The zero-order valence-electron chi connectivity index (χ0n) is 10.9. The average Bonchev–Trinajstić information content (AvgIpc) is 2.23. The highest BCUT2D eigenvalue weighted by Gasteiger charge is 2.63. The molecule has 5 nitrogen and oxygen atoms in total. The number of carboxylic acid groups (broad SMARTS) is 1. The molecule has 102 valence electrons. The quantitative estimate of drug-likeness (QED) is 0.616. The molecule has 0 radical (unpaired) electrons. The third-order valence-corrected chi connectivity index (χ3v) is 6.25. The van der Waals surface area contributed by atoms with E-state index in [1.165, 1.54) is 6.92 Å². The second-order valence-electron chi connectivity index (χ2n) is 4.40. The highest BCUT2D eigenvalue weighted by atomic mass is 31.2. The van der Waals surface area contributed by atoms with Crippen LogP contribution in [0.15, 0.2) is 0 Å². The van der Waals surface area contributed by atoms with E-state index in [-0.39, 0.29) is 6.42 Å². The Morgan fingerprint density at radius 3 is 1.41 bits per heavy atom. The third-order valence-electron chi connectivity index (χ3n) is 4.27. The summed E-state index contributed by atoms with van der Waals surface area (Å²) in [7, 11) is -4.73. The molecule has 0 saturated carbocycles. The highest BCUT2D eigenvalue weighted by Crippen LogP contribution is 2.64. The second kappa shape index (κ2) is 5.51. The maximum Gasteiger partial charge on any atom is 0.343 e. The Balaban J connectivity index is 6.10. The summed E-state index contributed by atoms with van der Waals surface area (Å²) in [6.07, 6.45) is 1.24. The topological polar surface area (TPSA) is 94.8 Å². The molecular weight excluding hydrogens is 243 g/mol. The van der Waals surface area contributed by atoms with Gasteiger partial charge in [-0.05, 0) is 31.1 Å². The van der Waals surface area contributed by atoms with Crippen molar-refractivity contribution in [1.29, 1.82) is 0 Å². The van der Waals surface area contributed by atoms with E-state index in [2.05, 4.69) is 0 Å². The molecule has 0 aliphatic carbocycles. The van der Waals surface area contributed by atoms with Crippen molar-refractivity contribution in [3.8, 4) is 0 Å². The molecule has 0 saturated heterocycles. The zero-order valence-corrected chi connectivity index (χ0v) is 11.8. The fraction of sp³-hybridized carbons (Fsp3) is 0.909. The minimum absolute atomic E-state index is 0.0673. The minimum atomic E-state index is -4.73. The molecular formula is C11H23O5P. The molecule has 3 N–H and O–H groups in total. The summed E-state index contributed by atoms with van der Waals surface area (Å²) >= 11 is 0. The van der Waals surface area contributed by atoms with Gasteiger partial charge in [0.25, 0.3) is 0 Å². The van der Waals surface area contributed by atoms with Crippen LogP contribution in [0.1, 0.15) is 53.4 Å². The fourth-order valence-corrected chi connectivity index (χ4v) is 4.77. The van der Waals surface area contributed by atoms with E-state index in [0.717, 1.165) is 0 Å². The molecule has 0 spiro atoms. The Hall–Kier alpha value is -0.380. The molecule has 1 unspecified atom stereocenters. The molecule has 1 atom stereocenters. The Kier molecular flexibility index (Phi) is 5.38. The summed E-state index contributed by atoms with van der Waals surface area (Å²) < 4.78 is 11.8. The van der Waals surface area contributed by atoms with Gasteiger partial charge in [0.2, 0.25) is 0 Å². The van der Waals surface area contributed by atoms with Crippen LogP contribution >= 0.6 is 7.60 Å². The van der Waals surface area contributed by atoms with E-state index >= 15 is 0 Å². The number of hydrogen-bond acceptors (Lipinski definition) is 2. The van der Waals surface area contributed by atoms with Gasteiger partial charge in [0.05, 0.1) is 0 Å². The largest absolute Gasteiger partial charge is 0.480 e. The Bertz CT molecular complexity index is 310. The molecule has 0 amide bonds. The van der Waals surface area contributed by atoms with Gasteiger partial charge in [-0.1, -0.05) is 27.7 Å². The van der Waals surface area contributed by atoms with Gasteiger partial charge in [-0.25, -0.2) is 0 Å². The van der Waals surface area contributed by atoms with Gasteiger partial charge in [-0.2, -0.15) is 0 Å². The molecule has 0 bridgehead atoms. The molecule has 0 rings (SSSR count). The van der Waals surface area contributed by atoms with E-state index in [0.29, 0.717) is 19.3 Å². The van der Waals surface area contributed by atoms with Gasteiger partial charge >= 0.3 is 13.6 Å². The Morgan fingerprint density at radius 2 is 1.35 bits per heavy atom. The van der Waals surface area contributed by atoms with Crippen LogP contribution in [0.4, 0.5) is 0 Å². The number of carbonyl (C=O) groups is 1. The molecule has 0 fully saturated rings. The lowest BCUT2D eigenvalue weighted by Crippen LogP contribution is -2.52. The van der Waals surface area contributed by atoms with Crippen LogP contribution in [0.25, 0.3) is 0 Å². The van der Waals surface area contributed by atoms with Crippen LogP contribution in [0.2, 0.25) is 0 Å². The van der Waals surface area contributed by atoms with Gasteiger partial charge < -0.3 is 14.9 Å². The third kappa shape index (κ3) is 2.28. The average molecular weight is 266 g/mol. The minimum Gasteiger partial charge on any atom is -0.480 e. The van der Waals surface area contributed by atoms with Crippen LogP contribution in [0, 0.1) is 5.41 Å². The molecule has 0 aliphatic heterocycles. The Morgan fingerprint density at radius 1 is 1.00 bits per heavy atom. The lowest BCUT2D eigenvalue weighted by molar-refractivity contribution is -0.146. The zero-order chi connectivity index (χ0) is 13.9. The van der Waals surface area contributed by atoms with Crippen LogP contribution in [-0.2, 0) is 9.36 Å². The van der Waals surface area contributed by atoms with Gasteiger partial charge in [-0.3, -0.25) is 9.36 Å². The standard InChI is InChI=1S/C11H23O5P/c1-5-10(6-2,7-3)11(8-4,9(12)13)17(14,15)16/h5-8H2,1-4H3,(H,12,13)(H2,14,15,16). The first-order valence-corrected chi connectivity index (χ1v) is 7.59. The molecule has 0 aliphatic rings. The smallest absolute Gasteiger partial charge is 0.343 e. The second-order valence-corrected chi connectivity index (χ2v) is 6.26. The summed E-state index contributed by atoms with van der Waals surface area (Å²) in [5.41, 5.74) is -0.868. The van der Waals surface area contributed by atoms with Crippen molar-refractivity contribution in [3.05, 3.63) is 0 Å². The molecule has 0 aromatic carbocycles. The first-order valence-electron chi connectivity index (χ1n) is 5.98. The van der Waals surface area contributed by atoms with Gasteiger partial charge in [-0.15, -0.1) is 0 Å². The summed E-state index contributed by atoms with van der Waals surface area (Å²) in [6, 6.07) is 0. The number of hydrogen-bond donors (Lipinski definition) is 3. The molecule has 0 aromatic heterocycles. The van der Waals surface area contributed by atoms with Gasteiger partial charge in [0, 0.05) is 0 Å². The molecule has 6 heteroatoms. The van der Waals surface area contributed by atoms with Crippen LogP contribution in [-0.4, -0.2) is 26.0 Å². The number of aliphatic carboxylic acids is 1. The number of carboxylic acids is 1. The lowest BCUT2D eigenvalue weighted by Gasteiger charge is -2.46. The fourth-order valence-electron chi connectivity index (χ4n) is 3.02. The summed E-state index contributed by atoms with van der Waals surface area (Å²) in [6.45, 7) is 6.89. The maximum atomic E-state index is 11.8. The van der Waals surface area contributed by atoms with E-state index in [9.17, 15) is 24.3 Å². The monoisotopic (exact) mass is 266 g/mol. The summed E-state index contributed by atoms with van der Waals surface area (Å²) in [4.78, 5) is 30.6. The maximum absolute atomic E-state index is 11.8. The van der Waals surface area contributed by atoms with E-state index in [4.69, 9.17) is 0 Å². The first-order chi connectivity index (χ1) is 7.69.